The molecule has 9 heteroatoms. The third-order valence-electron chi connectivity index (χ3n) is 6.54. The van der Waals surface area contributed by atoms with Gasteiger partial charge in [0.2, 0.25) is 17.8 Å². The Bertz CT molecular complexity index is 656. The topological polar surface area (TPSA) is 119 Å². The monoisotopic (exact) mass is 419 g/mol. The number of nitrogens with two attached hydrogens (primary N) is 1. The minimum atomic E-state index is 0.465. The lowest BCUT2D eigenvalue weighted by Crippen LogP contribution is -2.28. The molecule has 3 aliphatic rings. The van der Waals surface area contributed by atoms with Crippen molar-refractivity contribution in [3.8, 4) is 0 Å². The van der Waals surface area contributed by atoms with Crippen molar-refractivity contribution in [3.63, 3.8) is 0 Å². The highest BCUT2D eigenvalue weighted by atomic mass is 16.5. The largest absolute Gasteiger partial charge is 0.378 e. The standard InChI is InChI=1S/C21H37N7O2/c22-7-9-29-11-12-30-10-8-23-19-26-20(24-17-3-1-2-4-17)28-21(27-19)25-18-14-15-5-6-16(18)13-15/h15-18H,1-14,22H2,(H3,23,24,25,26,27,28). The number of fused-ring (bicyclic) bond motifs is 2. The molecule has 3 fully saturated rings. The number of nitrogens with one attached hydrogen (secondary N) is 3. The van der Waals surface area contributed by atoms with Crippen molar-refractivity contribution in [2.24, 2.45) is 17.6 Å². The van der Waals surface area contributed by atoms with Crippen molar-refractivity contribution in [2.45, 2.75) is 63.5 Å². The molecule has 3 unspecified atom stereocenters. The summed E-state index contributed by atoms with van der Waals surface area (Å²) in [6.07, 6.45) is 10.2. The molecule has 9 nitrogen and oxygen atoms in total. The molecule has 3 saturated carbocycles. The number of aromatic nitrogens is 3. The second kappa shape index (κ2) is 11.1. The summed E-state index contributed by atoms with van der Waals surface area (Å²) in [7, 11) is 0. The molecule has 4 rings (SSSR count). The van der Waals surface area contributed by atoms with Crippen LogP contribution < -0.4 is 21.7 Å². The molecular weight excluding hydrogens is 382 g/mol. The summed E-state index contributed by atoms with van der Waals surface area (Å²) < 4.78 is 10.9. The molecule has 0 aliphatic heterocycles. The van der Waals surface area contributed by atoms with Crippen molar-refractivity contribution in [1.29, 1.82) is 0 Å². The maximum Gasteiger partial charge on any atom is 0.229 e. The molecule has 30 heavy (non-hydrogen) atoms. The van der Waals surface area contributed by atoms with E-state index < -0.39 is 0 Å². The molecule has 1 heterocycles. The summed E-state index contributed by atoms with van der Waals surface area (Å²) in [5, 5.41) is 10.4. The Labute approximate surface area is 179 Å². The van der Waals surface area contributed by atoms with Crippen LogP contribution in [0.25, 0.3) is 0 Å². The lowest BCUT2D eigenvalue weighted by molar-refractivity contribution is 0.0547. The summed E-state index contributed by atoms with van der Waals surface area (Å²) in [5.41, 5.74) is 5.39. The van der Waals surface area contributed by atoms with Gasteiger partial charge in [0.15, 0.2) is 0 Å². The number of ether oxygens (including phenoxy) is 2. The van der Waals surface area contributed by atoms with Crippen LogP contribution in [0.1, 0.15) is 51.4 Å². The average molecular weight is 420 g/mol. The van der Waals surface area contributed by atoms with Gasteiger partial charge in [0.05, 0.1) is 26.4 Å². The first-order chi connectivity index (χ1) is 14.8. The highest BCUT2D eigenvalue weighted by Crippen LogP contribution is 2.45. The normalized spacial score (nSPS) is 25.7. The minimum Gasteiger partial charge on any atom is -0.378 e. The summed E-state index contributed by atoms with van der Waals surface area (Å²) in [6.45, 7) is 3.44. The fourth-order valence-electron chi connectivity index (χ4n) is 5.06. The van der Waals surface area contributed by atoms with Gasteiger partial charge in [0.1, 0.15) is 0 Å². The van der Waals surface area contributed by atoms with E-state index in [1.807, 2.05) is 0 Å². The highest BCUT2D eigenvalue weighted by Gasteiger charge is 2.39. The smallest absolute Gasteiger partial charge is 0.229 e. The van der Waals surface area contributed by atoms with Crippen molar-refractivity contribution >= 4 is 17.8 Å². The molecule has 0 aromatic carbocycles. The van der Waals surface area contributed by atoms with Crippen molar-refractivity contribution in [3.05, 3.63) is 0 Å². The van der Waals surface area contributed by atoms with E-state index in [2.05, 4.69) is 30.9 Å². The Hall–Kier alpha value is -1.71. The van der Waals surface area contributed by atoms with E-state index in [0.717, 1.165) is 11.8 Å². The molecule has 0 radical (unpaired) electrons. The maximum atomic E-state index is 5.58. The Morgan fingerprint density at radius 2 is 1.53 bits per heavy atom. The van der Waals surface area contributed by atoms with Crippen LogP contribution in [-0.2, 0) is 9.47 Å². The molecule has 1 aromatic heterocycles. The fourth-order valence-corrected chi connectivity index (χ4v) is 5.06. The van der Waals surface area contributed by atoms with Crippen molar-refractivity contribution in [1.82, 2.24) is 15.0 Å². The first-order valence-electron chi connectivity index (χ1n) is 11.7. The molecule has 0 spiro atoms. The molecule has 168 valence electrons. The van der Waals surface area contributed by atoms with Crippen LogP contribution in [0.5, 0.6) is 0 Å². The zero-order valence-electron chi connectivity index (χ0n) is 17.9. The van der Waals surface area contributed by atoms with Crippen LogP contribution >= 0.6 is 0 Å². The Morgan fingerprint density at radius 1 is 0.800 bits per heavy atom. The number of anilines is 3. The van der Waals surface area contributed by atoms with Gasteiger partial charge in [-0.25, -0.2) is 0 Å². The summed E-state index contributed by atoms with van der Waals surface area (Å²) in [6, 6.07) is 0.961. The van der Waals surface area contributed by atoms with Crippen LogP contribution in [-0.4, -0.2) is 66.6 Å². The molecule has 5 N–H and O–H groups in total. The second-order valence-corrected chi connectivity index (χ2v) is 8.80. The van der Waals surface area contributed by atoms with Crippen molar-refractivity contribution < 1.29 is 9.47 Å². The Morgan fingerprint density at radius 3 is 2.23 bits per heavy atom. The number of hydrogen-bond donors (Lipinski definition) is 4. The summed E-state index contributed by atoms with van der Waals surface area (Å²) >= 11 is 0. The molecule has 2 bridgehead atoms. The number of nitrogens with zero attached hydrogens (tertiary/aromatic N) is 3. The Kier molecular flexibility index (Phi) is 7.94. The first-order valence-corrected chi connectivity index (χ1v) is 11.7. The summed E-state index contributed by atoms with van der Waals surface area (Å²) in [5.74, 6) is 3.60. The summed E-state index contributed by atoms with van der Waals surface area (Å²) in [4.78, 5) is 13.9. The minimum absolute atomic E-state index is 0.465. The molecule has 0 amide bonds. The Balaban J connectivity index is 1.30. The molecule has 1 aromatic rings. The van der Waals surface area contributed by atoms with Gasteiger partial charge in [-0.3, -0.25) is 0 Å². The quantitative estimate of drug-likeness (QED) is 0.357. The van der Waals surface area contributed by atoms with Gasteiger partial charge >= 0.3 is 0 Å². The zero-order valence-corrected chi connectivity index (χ0v) is 17.9. The van der Waals surface area contributed by atoms with Crippen LogP contribution in [0.3, 0.4) is 0 Å². The van der Waals surface area contributed by atoms with Gasteiger partial charge < -0.3 is 31.2 Å². The lowest BCUT2D eigenvalue weighted by atomic mass is 9.95. The van der Waals surface area contributed by atoms with Crippen molar-refractivity contribution in [2.75, 3.05) is 55.5 Å². The maximum absolute atomic E-state index is 5.58. The van der Waals surface area contributed by atoms with Gasteiger partial charge in [-0.2, -0.15) is 15.0 Å². The number of rotatable bonds is 13. The van der Waals surface area contributed by atoms with E-state index in [1.165, 1.54) is 51.4 Å². The number of hydrogen-bond acceptors (Lipinski definition) is 9. The molecule has 3 atom stereocenters. The van der Waals surface area contributed by atoms with E-state index >= 15 is 0 Å². The first kappa shape index (κ1) is 21.5. The SMILES string of the molecule is NCCOCCOCCNc1nc(NC2CCCC2)nc(NC2CC3CCC2C3)n1. The zero-order chi connectivity index (χ0) is 20.6. The van der Waals surface area contributed by atoms with E-state index in [0.29, 0.717) is 69.4 Å². The molecule has 0 saturated heterocycles. The van der Waals surface area contributed by atoms with Gasteiger partial charge in [0.25, 0.3) is 0 Å². The van der Waals surface area contributed by atoms with Gasteiger partial charge in [-0.05, 0) is 43.9 Å². The van der Waals surface area contributed by atoms with Gasteiger partial charge in [-0.15, -0.1) is 0 Å². The third kappa shape index (κ3) is 6.15. The van der Waals surface area contributed by atoms with Gasteiger partial charge in [-0.1, -0.05) is 19.3 Å². The van der Waals surface area contributed by atoms with E-state index in [4.69, 9.17) is 15.2 Å². The van der Waals surface area contributed by atoms with Crippen LogP contribution in [0.4, 0.5) is 17.8 Å². The second-order valence-electron chi connectivity index (χ2n) is 8.80. The predicted molar refractivity (Wildman–Crippen MR) is 118 cm³/mol. The van der Waals surface area contributed by atoms with Crippen LogP contribution in [0.15, 0.2) is 0 Å². The molecule has 3 aliphatic carbocycles. The average Bonchev–Trinajstić information content (AvgIpc) is 3.49. The van der Waals surface area contributed by atoms with E-state index in [9.17, 15) is 0 Å². The van der Waals surface area contributed by atoms with Gasteiger partial charge in [0, 0.05) is 25.2 Å². The third-order valence-corrected chi connectivity index (χ3v) is 6.54. The fraction of sp³-hybridized carbons (Fsp3) is 0.857. The van der Waals surface area contributed by atoms with Crippen LogP contribution in [0, 0.1) is 11.8 Å². The lowest BCUT2D eigenvalue weighted by Gasteiger charge is -2.23. The predicted octanol–water partition coefficient (Wildman–Crippen LogP) is 2.23. The highest BCUT2D eigenvalue weighted by molar-refractivity contribution is 5.43. The molecular formula is C21H37N7O2. The van der Waals surface area contributed by atoms with E-state index in [1.54, 1.807) is 0 Å². The van der Waals surface area contributed by atoms with Crippen LogP contribution in [0.2, 0.25) is 0 Å². The van der Waals surface area contributed by atoms with E-state index in [-0.39, 0.29) is 0 Å².